The van der Waals surface area contributed by atoms with Gasteiger partial charge in [0.05, 0.1) is 0 Å². The molecule has 1 heterocycles. The van der Waals surface area contributed by atoms with Crippen LogP contribution in [0.25, 0.3) is 0 Å². The van der Waals surface area contributed by atoms with Gasteiger partial charge >= 0.3 is 0 Å². The molecule has 0 aromatic heterocycles. The summed E-state index contributed by atoms with van der Waals surface area (Å²) in [6, 6.07) is 1.51. The van der Waals surface area contributed by atoms with Crippen LogP contribution in [0.5, 0.6) is 0 Å². The van der Waals surface area contributed by atoms with Gasteiger partial charge < -0.3 is 5.32 Å². The van der Waals surface area contributed by atoms with Crippen molar-refractivity contribution in [1.29, 1.82) is 0 Å². The highest BCUT2D eigenvalue weighted by Gasteiger charge is 2.24. The largest absolute Gasteiger partial charge is 0.311 e. The fourth-order valence-electron chi connectivity index (χ4n) is 2.44. The Labute approximate surface area is 95.4 Å². The van der Waals surface area contributed by atoms with Crippen molar-refractivity contribution in [2.24, 2.45) is 0 Å². The lowest BCUT2D eigenvalue weighted by atomic mass is 10.0. The van der Waals surface area contributed by atoms with Crippen molar-refractivity contribution in [2.75, 3.05) is 19.6 Å². The van der Waals surface area contributed by atoms with E-state index in [0.717, 1.165) is 12.1 Å². The van der Waals surface area contributed by atoms with E-state index in [-0.39, 0.29) is 0 Å². The first-order chi connectivity index (χ1) is 7.31. The average molecular weight is 212 g/mol. The molecule has 1 saturated heterocycles. The summed E-state index contributed by atoms with van der Waals surface area (Å²) in [5, 5.41) is 3.65. The lowest BCUT2D eigenvalue weighted by Gasteiger charge is -2.40. The van der Waals surface area contributed by atoms with E-state index in [0.29, 0.717) is 0 Å². The Morgan fingerprint density at radius 3 is 2.53 bits per heavy atom. The van der Waals surface area contributed by atoms with Crippen LogP contribution in [0.4, 0.5) is 0 Å². The third kappa shape index (κ3) is 4.12. The lowest BCUT2D eigenvalue weighted by Crippen LogP contribution is -2.56. The summed E-state index contributed by atoms with van der Waals surface area (Å²) in [7, 11) is 0. The third-order valence-corrected chi connectivity index (χ3v) is 3.63. The zero-order chi connectivity index (χ0) is 11.1. The second-order valence-corrected chi connectivity index (χ2v) is 4.78. The smallest absolute Gasteiger partial charge is 0.0218 e. The fourth-order valence-corrected chi connectivity index (χ4v) is 2.44. The van der Waals surface area contributed by atoms with Gasteiger partial charge in [-0.1, -0.05) is 33.6 Å². The number of nitrogens with one attached hydrogen (secondary N) is 1. The molecule has 0 radical (unpaired) electrons. The molecule has 2 atom stereocenters. The predicted octanol–water partition coefficient (Wildman–Crippen LogP) is 2.64. The molecule has 2 unspecified atom stereocenters. The molecule has 1 N–H and O–H groups in total. The summed E-state index contributed by atoms with van der Waals surface area (Å²) in [4.78, 5) is 2.71. The molecule has 0 aromatic carbocycles. The minimum atomic E-state index is 0.731. The first kappa shape index (κ1) is 13.0. The monoisotopic (exact) mass is 212 g/mol. The van der Waals surface area contributed by atoms with Crippen LogP contribution in [-0.2, 0) is 0 Å². The Morgan fingerprint density at radius 2 is 1.93 bits per heavy atom. The molecule has 0 amide bonds. The molecule has 1 fully saturated rings. The van der Waals surface area contributed by atoms with Crippen molar-refractivity contribution in [2.45, 2.75) is 65.0 Å². The Bertz CT molecular complexity index is 159. The van der Waals surface area contributed by atoms with Crippen molar-refractivity contribution in [3.63, 3.8) is 0 Å². The van der Waals surface area contributed by atoms with E-state index < -0.39 is 0 Å². The molecular formula is C13H28N2. The highest BCUT2D eigenvalue weighted by Crippen LogP contribution is 2.13. The number of rotatable bonds is 6. The maximum atomic E-state index is 3.65. The molecule has 2 heteroatoms. The van der Waals surface area contributed by atoms with E-state index in [2.05, 4.69) is 31.0 Å². The van der Waals surface area contributed by atoms with Gasteiger partial charge in [0.15, 0.2) is 0 Å². The molecule has 0 aromatic rings. The second kappa shape index (κ2) is 7.24. The van der Waals surface area contributed by atoms with Gasteiger partial charge in [0.25, 0.3) is 0 Å². The molecular weight excluding hydrogens is 184 g/mol. The molecule has 2 nitrogen and oxygen atoms in total. The molecule has 0 bridgehead atoms. The predicted molar refractivity (Wildman–Crippen MR) is 67.3 cm³/mol. The van der Waals surface area contributed by atoms with Gasteiger partial charge in [0, 0.05) is 25.2 Å². The summed E-state index contributed by atoms with van der Waals surface area (Å²) in [5.74, 6) is 0. The van der Waals surface area contributed by atoms with E-state index in [1.807, 2.05) is 0 Å². The highest BCUT2D eigenvalue weighted by atomic mass is 15.2. The van der Waals surface area contributed by atoms with Crippen LogP contribution in [0, 0.1) is 0 Å². The average Bonchev–Trinajstić information content (AvgIpc) is 2.29. The lowest BCUT2D eigenvalue weighted by molar-refractivity contribution is 0.123. The van der Waals surface area contributed by atoms with Gasteiger partial charge in [-0.15, -0.1) is 0 Å². The summed E-state index contributed by atoms with van der Waals surface area (Å²) in [6.45, 7) is 10.6. The van der Waals surface area contributed by atoms with Crippen molar-refractivity contribution in [3.05, 3.63) is 0 Å². The van der Waals surface area contributed by atoms with E-state index in [1.165, 1.54) is 51.7 Å². The van der Waals surface area contributed by atoms with Gasteiger partial charge in [0.1, 0.15) is 0 Å². The summed E-state index contributed by atoms with van der Waals surface area (Å²) in [6.07, 6.45) is 6.65. The fraction of sp³-hybridized carbons (Fsp3) is 1.00. The number of piperazine rings is 1. The Kier molecular flexibility index (Phi) is 6.26. The van der Waals surface area contributed by atoms with Crippen LogP contribution in [0.15, 0.2) is 0 Å². The van der Waals surface area contributed by atoms with Crippen LogP contribution >= 0.6 is 0 Å². The van der Waals surface area contributed by atoms with Gasteiger partial charge in [-0.05, 0) is 25.8 Å². The number of hydrogen-bond acceptors (Lipinski definition) is 2. The first-order valence-corrected chi connectivity index (χ1v) is 6.79. The zero-order valence-corrected chi connectivity index (χ0v) is 10.8. The minimum absolute atomic E-state index is 0.731. The Hall–Kier alpha value is -0.0800. The molecule has 0 spiro atoms. The Morgan fingerprint density at radius 1 is 1.13 bits per heavy atom. The van der Waals surface area contributed by atoms with E-state index in [4.69, 9.17) is 0 Å². The topological polar surface area (TPSA) is 15.3 Å². The van der Waals surface area contributed by atoms with Crippen LogP contribution in [0.1, 0.15) is 52.9 Å². The molecule has 1 rings (SSSR count). The van der Waals surface area contributed by atoms with Crippen LogP contribution in [0.2, 0.25) is 0 Å². The van der Waals surface area contributed by atoms with Gasteiger partial charge in [-0.2, -0.15) is 0 Å². The summed E-state index contributed by atoms with van der Waals surface area (Å²) < 4.78 is 0. The van der Waals surface area contributed by atoms with Crippen LogP contribution < -0.4 is 5.32 Å². The Balaban J connectivity index is 2.33. The van der Waals surface area contributed by atoms with Crippen molar-refractivity contribution < 1.29 is 0 Å². The molecule has 0 saturated carbocycles. The molecule has 0 aliphatic carbocycles. The SMILES string of the molecule is CCCCCN1CC(CC)NCC1CC. The molecule has 1 aliphatic heterocycles. The zero-order valence-electron chi connectivity index (χ0n) is 10.8. The van der Waals surface area contributed by atoms with Crippen LogP contribution in [-0.4, -0.2) is 36.6 Å². The minimum Gasteiger partial charge on any atom is -0.311 e. The van der Waals surface area contributed by atoms with Crippen molar-refractivity contribution in [3.8, 4) is 0 Å². The van der Waals surface area contributed by atoms with Gasteiger partial charge in [-0.25, -0.2) is 0 Å². The molecule has 1 aliphatic rings. The van der Waals surface area contributed by atoms with Crippen LogP contribution in [0.3, 0.4) is 0 Å². The first-order valence-electron chi connectivity index (χ1n) is 6.79. The summed E-state index contributed by atoms with van der Waals surface area (Å²) >= 11 is 0. The number of unbranched alkanes of at least 4 members (excludes halogenated alkanes) is 2. The third-order valence-electron chi connectivity index (χ3n) is 3.63. The normalized spacial score (nSPS) is 28.2. The number of hydrogen-bond donors (Lipinski definition) is 1. The van der Waals surface area contributed by atoms with Crippen molar-refractivity contribution >= 4 is 0 Å². The van der Waals surface area contributed by atoms with E-state index in [1.54, 1.807) is 0 Å². The van der Waals surface area contributed by atoms with E-state index >= 15 is 0 Å². The quantitative estimate of drug-likeness (QED) is 0.681. The number of nitrogens with zero attached hydrogens (tertiary/aromatic N) is 1. The molecule has 90 valence electrons. The highest BCUT2D eigenvalue weighted by molar-refractivity contribution is 4.84. The summed E-state index contributed by atoms with van der Waals surface area (Å²) in [5.41, 5.74) is 0. The standard InChI is InChI=1S/C13H28N2/c1-4-7-8-9-15-11-12(5-2)14-10-13(15)6-3/h12-14H,4-11H2,1-3H3. The van der Waals surface area contributed by atoms with Gasteiger partial charge in [0.2, 0.25) is 0 Å². The van der Waals surface area contributed by atoms with Crippen molar-refractivity contribution in [1.82, 2.24) is 10.2 Å². The maximum absolute atomic E-state index is 3.65. The molecule has 15 heavy (non-hydrogen) atoms. The van der Waals surface area contributed by atoms with E-state index in [9.17, 15) is 0 Å². The second-order valence-electron chi connectivity index (χ2n) is 4.78. The van der Waals surface area contributed by atoms with Gasteiger partial charge in [-0.3, -0.25) is 4.90 Å². The maximum Gasteiger partial charge on any atom is 0.0218 e.